The van der Waals surface area contributed by atoms with Crippen LogP contribution in [0.25, 0.3) is 0 Å². The van der Waals surface area contributed by atoms with Crippen LogP contribution < -0.4 is 11.1 Å². The lowest BCUT2D eigenvalue weighted by atomic mass is 10.0. The minimum absolute atomic E-state index is 0.0518. The van der Waals surface area contributed by atoms with Crippen molar-refractivity contribution < 1.29 is 9.90 Å². The van der Waals surface area contributed by atoms with Crippen molar-refractivity contribution in [1.82, 2.24) is 0 Å². The summed E-state index contributed by atoms with van der Waals surface area (Å²) < 4.78 is 0. The van der Waals surface area contributed by atoms with E-state index >= 15 is 0 Å². The summed E-state index contributed by atoms with van der Waals surface area (Å²) >= 11 is 1.67. The monoisotopic (exact) mass is 266 g/mol. The van der Waals surface area contributed by atoms with Crippen molar-refractivity contribution in [2.24, 2.45) is 0 Å². The summed E-state index contributed by atoms with van der Waals surface area (Å²) in [6.07, 6.45) is 2.05. The highest BCUT2D eigenvalue weighted by Crippen LogP contribution is 2.35. The standard InChI is InChI=1S/C13H18N2O2S/c1-8(4-5-16)18-12-6-9-2-3-13(17)15-11(9)7-10(12)14/h6-8,16H,2-5,14H2,1H3,(H,15,17). The fraction of sp³-hybridized carbons (Fsp3) is 0.462. The third-order valence-electron chi connectivity index (χ3n) is 2.99. The molecule has 0 spiro atoms. The molecule has 1 aliphatic heterocycles. The van der Waals surface area contributed by atoms with Gasteiger partial charge < -0.3 is 16.2 Å². The predicted molar refractivity (Wildman–Crippen MR) is 74.8 cm³/mol. The number of nitrogen functional groups attached to an aromatic ring is 1. The van der Waals surface area contributed by atoms with E-state index in [0.29, 0.717) is 17.4 Å². The molecule has 1 unspecified atom stereocenters. The summed E-state index contributed by atoms with van der Waals surface area (Å²) in [6.45, 7) is 2.26. The van der Waals surface area contributed by atoms with Crippen LogP contribution >= 0.6 is 11.8 Å². The number of aliphatic hydroxyl groups is 1. The molecule has 4 N–H and O–H groups in total. The molecule has 4 nitrogen and oxygen atoms in total. The zero-order chi connectivity index (χ0) is 13.1. The molecular formula is C13H18N2O2S. The van der Waals surface area contributed by atoms with Crippen LogP contribution in [0.15, 0.2) is 17.0 Å². The number of carbonyl (C=O) groups is 1. The number of thioether (sulfide) groups is 1. The van der Waals surface area contributed by atoms with Gasteiger partial charge >= 0.3 is 0 Å². The minimum atomic E-state index is 0.0518. The second kappa shape index (κ2) is 5.63. The Balaban J connectivity index is 2.20. The van der Waals surface area contributed by atoms with Gasteiger partial charge in [-0.15, -0.1) is 11.8 Å². The van der Waals surface area contributed by atoms with Crippen molar-refractivity contribution in [2.75, 3.05) is 17.7 Å². The lowest BCUT2D eigenvalue weighted by molar-refractivity contribution is -0.116. The van der Waals surface area contributed by atoms with Crippen molar-refractivity contribution in [3.8, 4) is 0 Å². The molecule has 1 aliphatic rings. The number of aliphatic hydroxyl groups excluding tert-OH is 1. The fourth-order valence-corrected chi connectivity index (χ4v) is 3.04. The average Bonchev–Trinajstić information content (AvgIpc) is 2.31. The first kappa shape index (κ1) is 13.2. The molecule has 0 saturated heterocycles. The van der Waals surface area contributed by atoms with Crippen LogP contribution in [0.2, 0.25) is 0 Å². The molecular weight excluding hydrogens is 248 g/mol. The quantitative estimate of drug-likeness (QED) is 0.575. The van der Waals surface area contributed by atoms with Crippen LogP contribution in [0.3, 0.4) is 0 Å². The van der Waals surface area contributed by atoms with Gasteiger partial charge in [-0.05, 0) is 30.5 Å². The molecule has 1 amide bonds. The Morgan fingerprint density at radius 3 is 3.00 bits per heavy atom. The number of nitrogens with one attached hydrogen (secondary N) is 1. The van der Waals surface area contributed by atoms with Gasteiger partial charge in [0.1, 0.15) is 0 Å². The second-order valence-corrected chi connectivity index (χ2v) is 6.02. The molecule has 0 aromatic heterocycles. The first-order valence-electron chi connectivity index (χ1n) is 6.10. The minimum Gasteiger partial charge on any atom is -0.398 e. The SMILES string of the molecule is CC(CCO)Sc1cc2c(cc1N)NC(=O)CC2. The molecule has 0 bridgehead atoms. The molecule has 0 saturated carbocycles. The number of carbonyl (C=O) groups excluding carboxylic acids is 1. The molecule has 18 heavy (non-hydrogen) atoms. The van der Waals surface area contributed by atoms with Gasteiger partial charge in [0.05, 0.1) is 0 Å². The first-order chi connectivity index (χ1) is 8.60. The molecule has 0 fully saturated rings. The predicted octanol–water partition coefficient (Wildman–Crippen LogP) is 2.02. The van der Waals surface area contributed by atoms with Gasteiger partial charge in [-0.1, -0.05) is 6.92 Å². The normalized spacial score (nSPS) is 16.0. The highest BCUT2D eigenvalue weighted by molar-refractivity contribution is 8.00. The van der Waals surface area contributed by atoms with E-state index in [1.54, 1.807) is 11.8 Å². The number of aryl methyl sites for hydroxylation is 1. The number of nitrogens with two attached hydrogens (primary N) is 1. The number of benzene rings is 1. The van der Waals surface area contributed by atoms with Crippen LogP contribution in [-0.4, -0.2) is 22.9 Å². The summed E-state index contributed by atoms with van der Waals surface area (Å²) in [7, 11) is 0. The average molecular weight is 266 g/mol. The van der Waals surface area contributed by atoms with Crippen molar-refractivity contribution in [3.05, 3.63) is 17.7 Å². The van der Waals surface area contributed by atoms with Crippen LogP contribution in [0.4, 0.5) is 11.4 Å². The smallest absolute Gasteiger partial charge is 0.224 e. The number of rotatable bonds is 4. The van der Waals surface area contributed by atoms with Crippen LogP contribution in [0.5, 0.6) is 0 Å². The Kier molecular flexibility index (Phi) is 4.14. The second-order valence-electron chi connectivity index (χ2n) is 4.54. The first-order valence-corrected chi connectivity index (χ1v) is 6.98. The fourth-order valence-electron chi connectivity index (χ4n) is 1.98. The number of hydrogen-bond acceptors (Lipinski definition) is 4. The summed E-state index contributed by atoms with van der Waals surface area (Å²) in [5.41, 5.74) is 8.66. The Morgan fingerprint density at radius 2 is 2.28 bits per heavy atom. The van der Waals surface area contributed by atoms with Gasteiger partial charge in [-0.3, -0.25) is 4.79 Å². The number of anilines is 2. The molecule has 5 heteroatoms. The summed E-state index contributed by atoms with van der Waals surface area (Å²) in [5.74, 6) is 0.0518. The largest absolute Gasteiger partial charge is 0.398 e. The molecule has 1 aromatic carbocycles. The Morgan fingerprint density at radius 1 is 1.50 bits per heavy atom. The highest BCUT2D eigenvalue weighted by Gasteiger charge is 2.17. The number of amides is 1. The Labute approximate surface area is 111 Å². The summed E-state index contributed by atoms with van der Waals surface area (Å²) in [6, 6.07) is 3.89. The molecule has 1 aromatic rings. The molecule has 98 valence electrons. The van der Waals surface area contributed by atoms with Gasteiger partial charge in [0.25, 0.3) is 0 Å². The van der Waals surface area contributed by atoms with Crippen molar-refractivity contribution >= 4 is 29.0 Å². The van der Waals surface area contributed by atoms with E-state index < -0.39 is 0 Å². The zero-order valence-corrected chi connectivity index (χ0v) is 11.2. The van der Waals surface area contributed by atoms with Gasteiger partial charge in [0, 0.05) is 34.5 Å². The lowest BCUT2D eigenvalue weighted by Gasteiger charge is -2.20. The molecule has 1 atom stereocenters. The van der Waals surface area contributed by atoms with Crippen molar-refractivity contribution in [1.29, 1.82) is 0 Å². The van der Waals surface area contributed by atoms with E-state index in [0.717, 1.165) is 29.0 Å². The van der Waals surface area contributed by atoms with E-state index in [1.165, 1.54) is 0 Å². The maximum absolute atomic E-state index is 11.3. The molecule has 0 aliphatic carbocycles. The summed E-state index contributed by atoms with van der Waals surface area (Å²) in [5, 5.41) is 12.1. The van der Waals surface area contributed by atoms with Crippen molar-refractivity contribution in [3.63, 3.8) is 0 Å². The van der Waals surface area contributed by atoms with Crippen molar-refractivity contribution in [2.45, 2.75) is 36.3 Å². The number of hydrogen-bond donors (Lipinski definition) is 3. The van der Waals surface area contributed by atoms with Gasteiger partial charge in [0.15, 0.2) is 0 Å². The lowest BCUT2D eigenvalue weighted by Crippen LogP contribution is -2.19. The van der Waals surface area contributed by atoms with Crippen LogP contribution in [-0.2, 0) is 11.2 Å². The van der Waals surface area contributed by atoms with Crippen LogP contribution in [0.1, 0.15) is 25.3 Å². The van der Waals surface area contributed by atoms with E-state index in [2.05, 4.69) is 18.3 Å². The Bertz CT molecular complexity index is 463. The van der Waals surface area contributed by atoms with Crippen LogP contribution in [0, 0.1) is 0 Å². The molecule has 1 heterocycles. The maximum Gasteiger partial charge on any atom is 0.224 e. The molecule has 0 radical (unpaired) electrons. The zero-order valence-electron chi connectivity index (χ0n) is 10.4. The van der Waals surface area contributed by atoms with Gasteiger partial charge in [-0.25, -0.2) is 0 Å². The van der Waals surface area contributed by atoms with E-state index in [4.69, 9.17) is 10.8 Å². The Hall–Kier alpha value is -1.20. The number of fused-ring (bicyclic) bond motifs is 1. The molecule has 2 rings (SSSR count). The topological polar surface area (TPSA) is 75.3 Å². The maximum atomic E-state index is 11.3. The van der Waals surface area contributed by atoms with E-state index in [9.17, 15) is 4.79 Å². The van der Waals surface area contributed by atoms with Gasteiger partial charge in [0.2, 0.25) is 5.91 Å². The summed E-state index contributed by atoms with van der Waals surface area (Å²) in [4.78, 5) is 12.3. The third kappa shape index (κ3) is 2.97. The van der Waals surface area contributed by atoms with E-state index in [1.807, 2.05) is 6.07 Å². The van der Waals surface area contributed by atoms with E-state index in [-0.39, 0.29) is 12.5 Å². The highest BCUT2D eigenvalue weighted by atomic mass is 32.2. The van der Waals surface area contributed by atoms with Gasteiger partial charge in [-0.2, -0.15) is 0 Å². The third-order valence-corrected chi connectivity index (χ3v) is 4.24.